The van der Waals surface area contributed by atoms with Gasteiger partial charge in [0.1, 0.15) is 0 Å². The minimum Gasteiger partial charge on any atom is -0.328 e. The molecule has 0 aromatic carbocycles. The molecular weight excluding hydrogens is 184 g/mol. The van der Waals surface area contributed by atoms with Crippen LogP contribution in [0.5, 0.6) is 0 Å². The molecule has 1 aliphatic heterocycles. The SMILES string of the molecule is CC1CC(N)CCN1C1CCCCCC1. The Labute approximate surface area is 94.2 Å². The summed E-state index contributed by atoms with van der Waals surface area (Å²) in [5.74, 6) is 0. The summed E-state index contributed by atoms with van der Waals surface area (Å²) in [4.78, 5) is 2.74. The average molecular weight is 210 g/mol. The van der Waals surface area contributed by atoms with E-state index in [1.54, 1.807) is 0 Å². The molecule has 15 heavy (non-hydrogen) atoms. The summed E-state index contributed by atoms with van der Waals surface area (Å²) in [6.07, 6.45) is 11.1. The van der Waals surface area contributed by atoms with Crippen molar-refractivity contribution < 1.29 is 0 Å². The van der Waals surface area contributed by atoms with Gasteiger partial charge in [0.25, 0.3) is 0 Å². The zero-order valence-corrected chi connectivity index (χ0v) is 10.1. The Hall–Kier alpha value is -0.0800. The Morgan fingerprint density at radius 1 is 1.00 bits per heavy atom. The van der Waals surface area contributed by atoms with Gasteiger partial charge in [-0.15, -0.1) is 0 Å². The van der Waals surface area contributed by atoms with E-state index in [9.17, 15) is 0 Å². The van der Waals surface area contributed by atoms with Crippen LogP contribution in [0.2, 0.25) is 0 Å². The smallest absolute Gasteiger partial charge is 0.00980 e. The lowest BCUT2D eigenvalue weighted by atomic mass is 9.95. The molecule has 2 aliphatic rings. The van der Waals surface area contributed by atoms with Crippen molar-refractivity contribution in [2.75, 3.05) is 6.54 Å². The van der Waals surface area contributed by atoms with E-state index in [1.807, 2.05) is 0 Å². The second-order valence-electron chi connectivity index (χ2n) is 5.52. The number of piperidine rings is 1. The summed E-state index contributed by atoms with van der Waals surface area (Å²) in [7, 11) is 0. The number of likely N-dealkylation sites (tertiary alicyclic amines) is 1. The minimum absolute atomic E-state index is 0.460. The molecule has 2 N–H and O–H groups in total. The third-order valence-electron chi connectivity index (χ3n) is 4.26. The van der Waals surface area contributed by atoms with Crippen LogP contribution in [0.4, 0.5) is 0 Å². The van der Waals surface area contributed by atoms with Crippen molar-refractivity contribution in [3.05, 3.63) is 0 Å². The Bertz CT molecular complexity index is 185. The molecule has 1 saturated heterocycles. The minimum atomic E-state index is 0.460. The van der Waals surface area contributed by atoms with Gasteiger partial charge in [0.05, 0.1) is 0 Å². The normalized spacial score (nSPS) is 36.4. The van der Waals surface area contributed by atoms with Crippen molar-refractivity contribution in [3.8, 4) is 0 Å². The van der Waals surface area contributed by atoms with E-state index in [0.29, 0.717) is 6.04 Å². The second kappa shape index (κ2) is 5.31. The zero-order chi connectivity index (χ0) is 10.7. The van der Waals surface area contributed by atoms with Crippen LogP contribution in [-0.2, 0) is 0 Å². The average Bonchev–Trinajstić information content (AvgIpc) is 2.46. The van der Waals surface area contributed by atoms with E-state index in [-0.39, 0.29) is 0 Å². The van der Waals surface area contributed by atoms with Crippen LogP contribution in [0.3, 0.4) is 0 Å². The first-order chi connectivity index (χ1) is 7.27. The van der Waals surface area contributed by atoms with Crippen molar-refractivity contribution in [1.29, 1.82) is 0 Å². The zero-order valence-electron chi connectivity index (χ0n) is 10.1. The molecule has 0 amide bonds. The summed E-state index contributed by atoms with van der Waals surface area (Å²) in [6, 6.07) is 2.05. The molecule has 0 spiro atoms. The highest BCUT2D eigenvalue weighted by Crippen LogP contribution is 2.27. The highest BCUT2D eigenvalue weighted by Gasteiger charge is 2.28. The van der Waals surface area contributed by atoms with Gasteiger partial charge >= 0.3 is 0 Å². The van der Waals surface area contributed by atoms with Gasteiger partial charge in [0.15, 0.2) is 0 Å². The lowest BCUT2D eigenvalue weighted by molar-refractivity contribution is 0.0868. The third kappa shape index (κ3) is 2.94. The van der Waals surface area contributed by atoms with Gasteiger partial charge in [0, 0.05) is 24.7 Å². The van der Waals surface area contributed by atoms with E-state index in [4.69, 9.17) is 5.73 Å². The first kappa shape index (κ1) is 11.4. The van der Waals surface area contributed by atoms with Crippen LogP contribution in [0.1, 0.15) is 58.3 Å². The van der Waals surface area contributed by atoms with Crippen molar-refractivity contribution in [1.82, 2.24) is 4.90 Å². The maximum Gasteiger partial charge on any atom is 0.00980 e. The van der Waals surface area contributed by atoms with E-state index in [1.165, 1.54) is 57.9 Å². The predicted molar refractivity (Wildman–Crippen MR) is 64.9 cm³/mol. The molecule has 88 valence electrons. The highest BCUT2D eigenvalue weighted by atomic mass is 15.2. The number of nitrogens with two attached hydrogens (primary N) is 1. The number of hydrogen-bond donors (Lipinski definition) is 1. The second-order valence-corrected chi connectivity index (χ2v) is 5.52. The van der Waals surface area contributed by atoms with E-state index < -0.39 is 0 Å². The van der Waals surface area contributed by atoms with Crippen LogP contribution in [0.15, 0.2) is 0 Å². The quantitative estimate of drug-likeness (QED) is 0.674. The van der Waals surface area contributed by atoms with Crippen LogP contribution in [-0.4, -0.2) is 29.6 Å². The Morgan fingerprint density at radius 2 is 1.67 bits per heavy atom. The summed E-state index contributed by atoms with van der Waals surface area (Å²) in [6.45, 7) is 3.61. The van der Waals surface area contributed by atoms with Gasteiger partial charge in [-0.2, -0.15) is 0 Å². The molecular formula is C13H26N2. The maximum absolute atomic E-state index is 6.02. The maximum atomic E-state index is 6.02. The molecule has 0 aromatic heterocycles. The molecule has 0 bridgehead atoms. The van der Waals surface area contributed by atoms with Crippen LogP contribution >= 0.6 is 0 Å². The van der Waals surface area contributed by atoms with Gasteiger partial charge in [-0.25, -0.2) is 0 Å². The van der Waals surface area contributed by atoms with Crippen LogP contribution < -0.4 is 5.73 Å². The van der Waals surface area contributed by atoms with Gasteiger partial charge in [-0.1, -0.05) is 25.7 Å². The van der Waals surface area contributed by atoms with Crippen molar-refractivity contribution in [2.45, 2.75) is 76.4 Å². The first-order valence-corrected chi connectivity index (χ1v) is 6.78. The molecule has 1 saturated carbocycles. The van der Waals surface area contributed by atoms with Gasteiger partial charge in [-0.05, 0) is 32.6 Å². The standard InChI is InChI=1S/C13H26N2/c1-11-10-12(14)8-9-15(11)13-6-4-2-3-5-7-13/h11-13H,2-10,14H2,1H3. The fourth-order valence-electron chi connectivity index (χ4n) is 3.36. The van der Waals surface area contributed by atoms with Gasteiger partial charge < -0.3 is 5.73 Å². The molecule has 2 heteroatoms. The summed E-state index contributed by atoms with van der Waals surface area (Å²) >= 11 is 0. The Balaban J connectivity index is 1.90. The van der Waals surface area contributed by atoms with Crippen molar-refractivity contribution in [2.24, 2.45) is 5.73 Å². The van der Waals surface area contributed by atoms with Crippen LogP contribution in [0.25, 0.3) is 0 Å². The molecule has 1 aliphatic carbocycles. The fourth-order valence-corrected chi connectivity index (χ4v) is 3.36. The predicted octanol–water partition coefficient (Wildman–Crippen LogP) is 2.52. The van der Waals surface area contributed by atoms with Gasteiger partial charge in [0.2, 0.25) is 0 Å². The molecule has 2 atom stereocenters. The summed E-state index contributed by atoms with van der Waals surface area (Å²) in [5.41, 5.74) is 6.02. The van der Waals surface area contributed by atoms with E-state index in [2.05, 4.69) is 11.8 Å². The molecule has 0 radical (unpaired) electrons. The number of hydrogen-bond acceptors (Lipinski definition) is 2. The fraction of sp³-hybridized carbons (Fsp3) is 1.00. The topological polar surface area (TPSA) is 29.3 Å². The summed E-state index contributed by atoms with van der Waals surface area (Å²) in [5, 5.41) is 0. The number of nitrogens with zero attached hydrogens (tertiary/aromatic N) is 1. The molecule has 2 nitrogen and oxygen atoms in total. The van der Waals surface area contributed by atoms with Crippen molar-refractivity contribution >= 4 is 0 Å². The van der Waals surface area contributed by atoms with E-state index >= 15 is 0 Å². The third-order valence-corrected chi connectivity index (χ3v) is 4.26. The largest absolute Gasteiger partial charge is 0.328 e. The van der Waals surface area contributed by atoms with Crippen LogP contribution in [0, 0.1) is 0 Å². The molecule has 0 aromatic rings. The Kier molecular flexibility index (Phi) is 4.04. The lowest BCUT2D eigenvalue weighted by Gasteiger charge is -2.41. The van der Waals surface area contributed by atoms with Crippen molar-refractivity contribution in [3.63, 3.8) is 0 Å². The molecule has 2 unspecified atom stereocenters. The lowest BCUT2D eigenvalue weighted by Crippen LogP contribution is -2.50. The molecule has 2 rings (SSSR count). The molecule has 2 fully saturated rings. The highest BCUT2D eigenvalue weighted by molar-refractivity contribution is 4.86. The molecule has 1 heterocycles. The Morgan fingerprint density at radius 3 is 2.27 bits per heavy atom. The monoisotopic (exact) mass is 210 g/mol. The number of rotatable bonds is 1. The van der Waals surface area contributed by atoms with Gasteiger partial charge in [-0.3, -0.25) is 4.90 Å². The summed E-state index contributed by atoms with van der Waals surface area (Å²) < 4.78 is 0. The van der Waals surface area contributed by atoms with E-state index in [0.717, 1.165) is 12.1 Å². The first-order valence-electron chi connectivity index (χ1n) is 6.78.